The van der Waals surface area contributed by atoms with Crippen LogP contribution in [0.25, 0.3) is 10.6 Å². The Morgan fingerprint density at radius 3 is 2.88 bits per heavy atom. The van der Waals surface area contributed by atoms with E-state index in [0.29, 0.717) is 5.95 Å². The summed E-state index contributed by atoms with van der Waals surface area (Å²) in [4.78, 5) is 9.76. The number of anilines is 1. The molecule has 0 amide bonds. The lowest BCUT2D eigenvalue weighted by atomic mass is 10.2. The Bertz CT molecular complexity index is 496. The zero-order valence-electron chi connectivity index (χ0n) is 9.12. The number of rotatable bonds is 3. The van der Waals surface area contributed by atoms with Crippen molar-refractivity contribution >= 4 is 28.9 Å². The third kappa shape index (κ3) is 2.33. The van der Waals surface area contributed by atoms with Crippen LogP contribution < -0.4 is 5.32 Å². The third-order valence-corrected chi connectivity index (χ3v) is 3.35. The second-order valence-corrected chi connectivity index (χ2v) is 5.07. The maximum Gasteiger partial charge on any atom is 0.223 e. The molecule has 0 unspecified atom stereocenters. The molecule has 16 heavy (non-hydrogen) atoms. The molecule has 0 saturated carbocycles. The van der Waals surface area contributed by atoms with Gasteiger partial charge in [0.25, 0.3) is 0 Å². The van der Waals surface area contributed by atoms with E-state index in [4.69, 9.17) is 11.6 Å². The Labute approximate surface area is 104 Å². The molecule has 0 radical (unpaired) electrons. The number of halogens is 1. The Balaban J connectivity index is 2.42. The highest BCUT2D eigenvalue weighted by Crippen LogP contribution is 2.31. The summed E-state index contributed by atoms with van der Waals surface area (Å²) in [7, 11) is 0. The van der Waals surface area contributed by atoms with Crippen molar-refractivity contribution in [1.29, 1.82) is 0 Å². The van der Waals surface area contributed by atoms with Gasteiger partial charge in [0, 0.05) is 12.7 Å². The van der Waals surface area contributed by atoms with Gasteiger partial charge in [-0.15, -0.1) is 11.3 Å². The number of aromatic nitrogens is 2. The van der Waals surface area contributed by atoms with E-state index < -0.39 is 0 Å². The van der Waals surface area contributed by atoms with Crippen LogP contribution in [-0.4, -0.2) is 16.5 Å². The summed E-state index contributed by atoms with van der Waals surface area (Å²) in [6, 6.07) is 3.87. The van der Waals surface area contributed by atoms with E-state index >= 15 is 0 Å². The smallest absolute Gasteiger partial charge is 0.223 e. The molecule has 0 atom stereocenters. The van der Waals surface area contributed by atoms with Crippen molar-refractivity contribution in [2.75, 3.05) is 11.9 Å². The first-order chi connectivity index (χ1) is 7.70. The third-order valence-electron chi connectivity index (χ3n) is 2.11. The first-order valence-corrected chi connectivity index (χ1v) is 6.23. The van der Waals surface area contributed by atoms with E-state index in [1.165, 1.54) is 11.3 Å². The van der Waals surface area contributed by atoms with E-state index in [9.17, 15) is 0 Å². The van der Waals surface area contributed by atoms with Crippen LogP contribution in [0.1, 0.15) is 12.5 Å². The minimum Gasteiger partial charge on any atom is -0.354 e. The molecule has 0 saturated heterocycles. The molecular weight excluding hydrogens is 242 g/mol. The number of aryl methyl sites for hydroxylation is 1. The Morgan fingerprint density at radius 1 is 1.44 bits per heavy atom. The Morgan fingerprint density at radius 2 is 2.25 bits per heavy atom. The van der Waals surface area contributed by atoms with Gasteiger partial charge in [-0.25, -0.2) is 9.97 Å². The summed E-state index contributed by atoms with van der Waals surface area (Å²) in [5, 5.41) is 3.10. The first kappa shape index (κ1) is 11.4. The van der Waals surface area contributed by atoms with Crippen molar-refractivity contribution in [2.45, 2.75) is 13.8 Å². The van der Waals surface area contributed by atoms with Gasteiger partial charge in [0.1, 0.15) is 0 Å². The number of thiophene rings is 1. The summed E-state index contributed by atoms with van der Waals surface area (Å²) in [6.45, 7) is 4.83. The molecule has 0 fully saturated rings. The lowest BCUT2D eigenvalue weighted by Crippen LogP contribution is -2.03. The van der Waals surface area contributed by atoms with E-state index in [0.717, 1.165) is 27.0 Å². The minimum absolute atomic E-state index is 0.660. The number of nitrogens with zero attached hydrogens (tertiary/aromatic N) is 2. The standard InChI is InChI=1S/C11H12ClN3S/c1-3-13-11-14-6-7(2)10(15-11)8-4-5-9(12)16-8/h4-6H,3H2,1-2H3,(H,13,14,15). The summed E-state index contributed by atoms with van der Waals surface area (Å²) < 4.78 is 0.776. The normalized spacial score (nSPS) is 10.4. The molecule has 2 rings (SSSR count). The highest BCUT2D eigenvalue weighted by atomic mass is 35.5. The van der Waals surface area contributed by atoms with E-state index in [-0.39, 0.29) is 0 Å². The predicted octanol–water partition coefficient (Wildman–Crippen LogP) is 3.60. The molecule has 1 N–H and O–H groups in total. The molecule has 2 aromatic heterocycles. The quantitative estimate of drug-likeness (QED) is 0.908. The lowest BCUT2D eigenvalue weighted by molar-refractivity contribution is 1.07. The molecule has 0 aliphatic carbocycles. The summed E-state index contributed by atoms with van der Waals surface area (Å²) in [6.07, 6.45) is 1.83. The van der Waals surface area contributed by atoms with Gasteiger partial charge in [-0.2, -0.15) is 0 Å². The fraction of sp³-hybridized carbons (Fsp3) is 0.273. The number of nitrogens with one attached hydrogen (secondary N) is 1. The first-order valence-electron chi connectivity index (χ1n) is 5.04. The fourth-order valence-electron chi connectivity index (χ4n) is 1.38. The van der Waals surface area contributed by atoms with Crippen LogP contribution in [0.3, 0.4) is 0 Å². The van der Waals surface area contributed by atoms with Gasteiger partial charge < -0.3 is 5.32 Å². The molecule has 2 aromatic rings. The molecule has 0 aromatic carbocycles. The van der Waals surface area contributed by atoms with Crippen molar-refractivity contribution in [2.24, 2.45) is 0 Å². The van der Waals surface area contributed by atoms with Gasteiger partial charge in [0.05, 0.1) is 14.9 Å². The largest absolute Gasteiger partial charge is 0.354 e. The monoisotopic (exact) mass is 253 g/mol. The van der Waals surface area contributed by atoms with Crippen LogP contribution >= 0.6 is 22.9 Å². The molecule has 0 spiro atoms. The van der Waals surface area contributed by atoms with Crippen molar-refractivity contribution in [3.63, 3.8) is 0 Å². The topological polar surface area (TPSA) is 37.8 Å². The van der Waals surface area contributed by atoms with Crippen LogP contribution in [0.2, 0.25) is 4.34 Å². The van der Waals surface area contributed by atoms with Crippen LogP contribution in [0.15, 0.2) is 18.3 Å². The molecule has 0 bridgehead atoms. The van der Waals surface area contributed by atoms with Crippen molar-refractivity contribution in [3.8, 4) is 10.6 Å². The molecule has 2 heterocycles. The van der Waals surface area contributed by atoms with Crippen molar-refractivity contribution < 1.29 is 0 Å². The summed E-state index contributed by atoms with van der Waals surface area (Å²) in [5.74, 6) is 0.660. The van der Waals surface area contributed by atoms with Crippen molar-refractivity contribution in [1.82, 2.24) is 9.97 Å². The van der Waals surface area contributed by atoms with Crippen LogP contribution in [0, 0.1) is 6.92 Å². The van der Waals surface area contributed by atoms with Gasteiger partial charge in [-0.1, -0.05) is 11.6 Å². The summed E-state index contributed by atoms with van der Waals surface area (Å²) >= 11 is 7.45. The Hall–Kier alpha value is -1.13. The minimum atomic E-state index is 0.660. The van der Waals surface area contributed by atoms with Gasteiger partial charge in [-0.05, 0) is 31.5 Å². The molecule has 3 nitrogen and oxygen atoms in total. The van der Waals surface area contributed by atoms with Gasteiger partial charge in [-0.3, -0.25) is 0 Å². The molecule has 84 valence electrons. The Kier molecular flexibility index (Phi) is 3.41. The van der Waals surface area contributed by atoms with Crippen LogP contribution in [-0.2, 0) is 0 Å². The highest BCUT2D eigenvalue weighted by molar-refractivity contribution is 7.19. The highest BCUT2D eigenvalue weighted by Gasteiger charge is 2.08. The van der Waals surface area contributed by atoms with E-state index in [2.05, 4.69) is 15.3 Å². The molecule has 5 heteroatoms. The predicted molar refractivity (Wildman–Crippen MR) is 69.3 cm³/mol. The average Bonchev–Trinajstić information content (AvgIpc) is 2.68. The fourth-order valence-corrected chi connectivity index (χ4v) is 2.47. The molecular formula is C11H12ClN3S. The maximum atomic E-state index is 5.92. The number of hydrogen-bond donors (Lipinski definition) is 1. The van der Waals surface area contributed by atoms with Crippen molar-refractivity contribution in [3.05, 3.63) is 28.2 Å². The second-order valence-electron chi connectivity index (χ2n) is 3.36. The van der Waals surface area contributed by atoms with Gasteiger partial charge in [0.15, 0.2) is 0 Å². The zero-order valence-corrected chi connectivity index (χ0v) is 10.7. The lowest BCUT2D eigenvalue weighted by Gasteiger charge is -2.05. The summed E-state index contributed by atoms with van der Waals surface area (Å²) in [5.41, 5.74) is 2.00. The number of hydrogen-bond acceptors (Lipinski definition) is 4. The van der Waals surface area contributed by atoms with Crippen LogP contribution in [0.4, 0.5) is 5.95 Å². The van der Waals surface area contributed by atoms with Crippen LogP contribution in [0.5, 0.6) is 0 Å². The SMILES string of the molecule is CCNc1ncc(C)c(-c2ccc(Cl)s2)n1. The average molecular weight is 254 g/mol. The zero-order chi connectivity index (χ0) is 11.5. The van der Waals surface area contributed by atoms with E-state index in [1.54, 1.807) is 0 Å². The molecule has 0 aliphatic heterocycles. The molecule has 0 aliphatic rings. The van der Waals surface area contributed by atoms with E-state index in [1.807, 2.05) is 32.2 Å². The van der Waals surface area contributed by atoms with Gasteiger partial charge in [0.2, 0.25) is 5.95 Å². The van der Waals surface area contributed by atoms with Gasteiger partial charge >= 0.3 is 0 Å². The second kappa shape index (κ2) is 4.80. The maximum absolute atomic E-state index is 5.92.